The Morgan fingerprint density at radius 3 is 2.44 bits per heavy atom. The van der Waals surface area contributed by atoms with Gasteiger partial charge in [0.05, 0.1) is 11.0 Å². The van der Waals surface area contributed by atoms with Crippen LogP contribution in [0.1, 0.15) is 49.5 Å². The molecule has 6 heteroatoms. The molecule has 1 spiro atoms. The van der Waals surface area contributed by atoms with Gasteiger partial charge < -0.3 is 14.8 Å². The summed E-state index contributed by atoms with van der Waals surface area (Å²) in [5.41, 5.74) is 2.20. The van der Waals surface area contributed by atoms with E-state index in [0.29, 0.717) is 5.56 Å². The van der Waals surface area contributed by atoms with Gasteiger partial charge in [-0.1, -0.05) is 0 Å². The van der Waals surface area contributed by atoms with Crippen molar-refractivity contribution in [2.45, 2.75) is 44.7 Å². The lowest BCUT2D eigenvalue weighted by molar-refractivity contribution is -0.0350. The number of nitrogens with zero attached hydrogens (tertiary/aromatic N) is 3. The van der Waals surface area contributed by atoms with Crippen LogP contribution >= 0.6 is 0 Å². The standard InChI is InChI=1S/C19H26N4O2/c1-13(2)23-16-12-14(4-5-15(16)20-18(23)25)17(24)22-11-8-19(22)6-9-21(3)10-7-19/h4-5,12-13H,6-11H2,1-3H3,(H,20,25). The van der Waals surface area contributed by atoms with E-state index in [4.69, 9.17) is 0 Å². The minimum Gasteiger partial charge on any atom is -0.333 e. The van der Waals surface area contributed by atoms with Crippen LogP contribution in [-0.2, 0) is 0 Å². The lowest BCUT2D eigenvalue weighted by Crippen LogP contribution is -2.65. The van der Waals surface area contributed by atoms with Crippen molar-refractivity contribution in [3.63, 3.8) is 0 Å². The van der Waals surface area contributed by atoms with E-state index in [-0.39, 0.29) is 23.2 Å². The number of carbonyl (C=O) groups excluding carboxylic acids is 1. The number of carbonyl (C=O) groups is 1. The van der Waals surface area contributed by atoms with E-state index in [1.807, 2.05) is 32.0 Å². The Kier molecular flexibility index (Phi) is 3.76. The molecule has 0 unspecified atom stereocenters. The van der Waals surface area contributed by atoms with Gasteiger partial charge >= 0.3 is 5.69 Å². The molecule has 0 atom stereocenters. The van der Waals surface area contributed by atoms with E-state index in [9.17, 15) is 9.59 Å². The van der Waals surface area contributed by atoms with Crippen molar-refractivity contribution >= 4 is 16.9 Å². The fraction of sp³-hybridized carbons (Fsp3) is 0.579. The predicted octanol–water partition coefficient (Wildman–Crippen LogP) is 2.22. The van der Waals surface area contributed by atoms with Crippen LogP contribution in [0.15, 0.2) is 23.0 Å². The summed E-state index contributed by atoms with van der Waals surface area (Å²) in [6.07, 6.45) is 3.21. The number of aromatic amines is 1. The Balaban J connectivity index is 1.66. The first-order valence-corrected chi connectivity index (χ1v) is 9.16. The molecular formula is C19H26N4O2. The highest BCUT2D eigenvalue weighted by Gasteiger charge is 2.48. The number of piperidine rings is 1. The Hall–Kier alpha value is -2.08. The molecule has 0 bridgehead atoms. The maximum absolute atomic E-state index is 13.1. The second-order valence-electron chi connectivity index (χ2n) is 7.86. The molecule has 2 fully saturated rings. The quantitative estimate of drug-likeness (QED) is 0.910. The second kappa shape index (κ2) is 5.73. The summed E-state index contributed by atoms with van der Waals surface area (Å²) >= 11 is 0. The molecule has 0 aliphatic carbocycles. The van der Waals surface area contributed by atoms with Gasteiger partial charge in [0.2, 0.25) is 0 Å². The zero-order valence-corrected chi connectivity index (χ0v) is 15.2. The van der Waals surface area contributed by atoms with E-state index in [0.717, 1.165) is 49.9 Å². The van der Waals surface area contributed by atoms with Gasteiger partial charge in [0.15, 0.2) is 0 Å². The van der Waals surface area contributed by atoms with Crippen LogP contribution in [0.5, 0.6) is 0 Å². The Labute approximate surface area is 147 Å². The average Bonchev–Trinajstić information content (AvgIpc) is 2.89. The molecule has 6 nitrogen and oxygen atoms in total. The third-order valence-corrected chi connectivity index (χ3v) is 6.02. The SMILES string of the molecule is CC(C)n1c(=O)[nH]c2ccc(C(=O)N3CCC34CCN(C)CC4)cc21. The summed E-state index contributed by atoms with van der Waals surface area (Å²) in [6, 6.07) is 5.61. The normalized spacial score (nSPS) is 20.4. The monoisotopic (exact) mass is 342 g/mol. The number of rotatable bonds is 2. The molecule has 134 valence electrons. The number of imidazole rings is 1. The molecular weight excluding hydrogens is 316 g/mol. The number of hydrogen-bond acceptors (Lipinski definition) is 3. The summed E-state index contributed by atoms with van der Waals surface area (Å²) in [5, 5.41) is 0. The summed E-state index contributed by atoms with van der Waals surface area (Å²) in [4.78, 5) is 32.5. The number of likely N-dealkylation sites (tertiary alicyclic amines) is 2. The Bertz CT molecular complexity index is 871. The van der Waals surface area contributed by atoms with Gasteiger partial charge in [0, 0.05) is 36.8 Å². The van der Waals surface area contributed by atoms with E-state index in [1.165, 1.54) is 0 Å². The highest BCUT2D eigenvalue weighted by Crippen LogP contribution is 2.40. The van der Waals surface area contributed by atoms with Gasteiger partial charge in [-0.25, -0.2) is 4.79 Å². The number of nitrogens with one attached hydrogen (secondary N) is 1. The number of fused-ring (bicyclic) bond motifs is 1. The Morgan fingerprint density at radius 1 is 1.16 bits per heavy atom. The molecule has 3 heterocycles. The zero-order chi connectivity index (χ0) is 17.8. The summed E-state index contributed by atoms with van der Waals surface area (Å²) in [6.45, 7) is 6.89. The molecule has 25 heavy (non-hydrogen) atoms. The van der Waals surface area contributed by atoms with Crippen LogP contribution in [0.4, 0.5) is 0 Å². The lowest BCUT2D eigenvalue weighted by atomic mass is 9.76. The molecule has 2 aromatic rings. The van der Waals surface area contributed by atoms with Gasteiger partial charge in [0.25, 0.3) is 5.91 Å². The first-order chi connectivity index (χ1) is 11.9. The first-order valence-electron chi connectivity index (χ1n) is 9.16. The largest absolute Gasteiger partial charge is 0.333 e. The van der Waals surface area contributed by atoms with E-state index in [2.05, 4.69) is 21.8 Å². The summed E-state index contributed by atoms with van der Waals surface area (Å²) in [7, 11) is 2.14. The van der Waals surface area contributed by atoms with Crippen molar-refractivity contribution in [3.8, 4) is 0 Å². The lowest BCUT2D eigenvalue weighted by Gasteiger charge is -2.56. The smallest absolute Gasteiger partial charge is 0.326 e. The third-order valence-electron chi connectivity index (χ3n) is 6.02. The number of aromatic nitrogens is 2. The van der Waals surface area contributed by atoms with E-state index >= 15 is 0 Å². The Morgan fingerprint density at radius 2 is 1.84 bits per heavy atom. The minimum atomic E-state index is -0.120. The molecule has 0 radical (unpaired) electrons. The minimum absolute atomic E-state index is 0.0500. The molecule has 2 aliphatic rings. The summed E-state index contributed by atoms with van der Waals surface area (Å²) < 4.78 is 1.72. The molecule has 1 aromatic heterocycles. The van der Waals surface area contributed by atoms with Gasteiger partial charge in [-0.05, 0) is 58.4 Å². The fourth-order valence-corrected chi connectivity index (χ4v) is 4.33. The van der Waals surface area contributed by atoms with Crippen LogP contribution < -0.4 is 5.69 Å². The second-order valence-corrected chi connectivity index (χ2v) is 7.86. The summed E-state index contributed by atoms with van der Waals surface area (Å²) in [5.74, 6) is 0.0988. The molecule has 1 N–H and O–H groups in total. The zero-order valence-electron chi connectivity index (χ0n) is 15.2. The van der Waals surface area contributed by atoms with Crippen LogP contribution in [0, 0.1) is 0 Å². The highest BCUT2D eigenvalue weighted by atomic mass is 16.2. The van der Waals surface area contributed by atoms with Crippen LogP contribution in [0.3, 0.4) is 0 Å². The number of H-pyrrole nitrogens is 1. The van der Waals surface area contributed by atoms with Gasteiger partial charge in [-0.15, -0.1) is 0 Å². The molecule has 0 saturated carbocycles. The molecule has 1 aromatic carbocycles. The first kappa shape index (κ1) is 16.4. The maximum Gasteiger partial charge on any atom is 0.326 e. The molecule has 2 saturated heterocycles. The van der Waals surface area contributed by atoms with Gasteiger partial charge in [-0.2, -0.15) is 0 Å². The van der Waals surface area contributed by atoms with Crippen LogP contribution in [-0.4, -0.2) is 57.5 Å². The predicted molar refractivity (Wildman–Crippen MR) is 98.1 cm³/mol. The number of amides is 1. The van der Waals surface area contributed by atoms with Crippen molar-refractivity contribution in [2.24, 2.45) is 0 Å². The maximum atomic E-state index is 13.1. The van der Waals surface area contributed by atoms with Crippen molar-refractivity contribution in [3.05, 3.63) is 34.2 Å². The number of benzene rings is 1. The van der Waals surface area contributed by atoms with E-state index < -0.39 is 0 Å². The van der Waals surface area contributed by atoms with Crippen LogP contribution in [0.25, 0.3) is 11.0 Å². The van der Waals surface area contributed by atoms with Crippen molar-refractivity contribution in [2.75, 3.05) is 26.7 Å². The van der Waals surface area contributed by atoms with Gasteiger partial charge in [0.1, 0.15) is 0 Å². The van der Waals surface area contributed by atoms with Gasteiger partial charge in [-0.3, -0.25) is 9.36 Å². The highest BCUT2D eigenvalue weighted by molar-refractivity contribution is 5.98. The fourth-order valence-electron chi connectivity index (χ4n) is 4.33. The van der Waals surface area contributed by atoms with Crippen molar-refractivity contribution in [1.82, 2.24) is 19.4 Å². The number of hydrogen-bond donors (Lipinski definition) is 1. The third kappa shape index (κ3) is 2.51. The molecule has 1 amide bonds. The van der Waals surface area contributed by atoms with Crippen molar-refractivity contribution < 1.29 is 4.79 Å². The van der Waals surface area contributed by atoms with Crippen molar-refractivity contribution in [1.29, 1.82) is 0 Å². The van der Waals surface area contributed by atoms with Crippen LogP contribution in [0.2, 0.25) is 0 Å². The topological polar surface area (TPSA) is 61.3 Å². The average molecular weight is 342 g/mol. The van der Waals surface area contributed by atoms with E-state index in [1.54, 1.807) is 4.57 Å². The molecule has 2 aliphatic heterocycles. The molecule has 4 rings (SSSR count).